The summed E-state index contributed by atoms with van der Waals surface area (Å²) in [6.07, 6.45) is 1.02. The standard InChI is InChI=1S/C19H24N2O3S/c1-5-13-6-8-15(9-7-13)21-19(25)20-12-14-10-16(22-2)18(24-4)17(11-14)23-3/h6-11H,5,12H2,1-4H3,(H2,20,21,25). The van der Waals surface area contributed by atoms with Crippen molar-refractivity contribution in [3.63, 3.8) is 0 Å². The Bertz CT molecular complexity index is 692. The van der Waals surface area contributed by atoms with Crippen LogP contribution in [0.1, 0.15) is 18.1 Å². The van der Waals surface area contributed by atoms with Crippen LogP contribution in [0.2, 0.25) is 0 Å². The molecule has 0 aliphatic heterocycles. The van der Waals surface area contributed by atoms with E-state index < -0.39 is 0 Å². The van der Waals surface area contributed by atoms with Crippen molar-refractivity contribution in [1.29, 1.82) is 0 Å². The predicted octanol–water partition coefficient (Wildman–Crippen LogP) is 3.76. The van der Waals surface area contributed by atoms with E-state index in [0.29, 0.717) is 28.9 Å². The molecule has 0 fully saturated rings. The third-order valence-corrected chi connectivity index (χ3v) is 4.04. The number of hydrogen-bond donors (Lipinski definition) is 2. The first-order valence-electron chi connectivity index (χ1n) is 8.04. The van der Waals surface area contributed by atoms with Gasteiger partial charge in [0.25, 0.3) is 0 Å². The molecule has 0 saturated carbocycles. The highest BCUT2D eigenvalue weighted by Crippen LogP contribution is 2.38. The predicted molar refractivity (Wildman–Crippen MR) is 105 cm³/mol. The van der Waals surface area contributed by atoms with Gasteiger partial charge in [0.15, 0.2) is 16.6 Å². The fourth-order valence-corrected chi connectivity index (χ4v) is 2.61. The highest BCUT2D eigenvalue weighted by Gasteiger charge is 2.13. The molecule has 0 heterocycles. The van der Waals surface area contributed by atoms with Crippen molar-refractivity contribution in [2.45, 2.75) is 19.9 Å². The molecule has 0 bridgehead atoms. The van der Waals surface area contributed by atoms with Crippen LogP contribution in [0.3, 0.4) is 0 Å². The molecule has 0 aliphatic rings. The lowest BCUT2D eigenvalue weighted by Crippen LogP contribution is -2.27. The maximum atomic E-state index is 5.36. The number of rotatable bonds is 7. The highest BCUT2D eigenvalue weighted by molar-refractivity contribution is 7.80. The largest absolute Gasteiger partial charge is 0.493 e. The smallest absolute Gasteiger partial charge is 0.203 e. The summed E-state index contributed by atoms with van der Waals surface area (Å²) in [7, 11) is 4.78. The van der Waals surface area contributed by atoms with E-state index in [1.54, 1.807) is 21.3 Å². The molecule has 0 atom stereocenters. The van der Waals surface area contributed by atoms with E-state index in [9.17, 15) is 0 Å². The number of aryl methyl sites for hydroxylation is 1. The highest BCUT2D eigenvalue weighted by atomic mass is 32.1. The maximum absolute atomic E-state index is 5.36. The fraction of sp³-hybridized carbons (Fsp3) is 0.316. The Morgan fingerprint density at radius 1 is 0.920 bits per heavy atom. The lowest BCUT2D eigenvalue weighted by Gasteiger charge is -2.15. The molecule has 25 heavy (non-hydrogen) atoms. The summed E-state index contributed by atoms with van der Waals surface area (Å²) in [6.45, 7) is 2.67. The van der Waals surface area contributed by atoms with Gasteiger partial charge in [-0.05, 0) is 54.0 Å². The van der Waals surface area contributed by atoms with Gasteiger partial charge < -0.3 is 24.8 Å². The minimum Gasteiger partial charge on any atom is -0.493 e. The quantitative estimate of drug-likeness (QED) is 0.733. The van der Waals surface area contributed by atoms with Gasteiger partial charge in [-0.15, -0.1) is 0 Å². The Balaban J connectivity index is 2.01. The number of methoxy groups -OCH3 is 3. The van der Waals surface area contributed by atoms with Crippen LogP contribution in [0.15, 0.2) is 36.4 Å². The Kier molecular flexibility index (Phi) is 6.89. The summed E-state index contributed by atoms with van der Waals surface area (Å²) in [6, 6.07) is 12.0. The zero-order chi connectivity index (χ0) is 18.2. The molecule has 0 amide bonds. The third kappa shape index (κ3) is 5.00. The third-order valence-electron chi connectivity index (χ3n) is 3.80. The molecule has 2 aromatic carbocycles. The van der Waals surface area contributed by atoms with Crippen LogP contribution in [0.25, 0.3) is 0 Å². The SMILES string of the molecule is CCc1ccc(NC(=S)NCc2cc(OC)c(OC)c(OC)c2)cc1. The van der Waals surface area contributed by atoms with Crippen LogP contribution in [0, 0.1) is 0 Å². The molecular formula is C19H24N2O3S. The summed E-state index contributed by atoms with van der Waals surface area (Å²) in [4.78, 5) is 0. The Morgan fingerprint density at radius 3 is 2.00 bits per heavy atom. The Hall–Kier alpha value is -2.47. The van der Waals surface area contributed by atoms with Crippen molar-refractivity contribution in [1.82, 2.24) is 5.32 Å². The van der Waals surface area contributed by atoms with E-state index in [-0.39, 0.29) is 0 Å². The van der Waals surface area contributed by atoms with Gasteiger partial charge in [0.2, 0.25) is 5.75 Å². The molecule has 0 spiro atoms. The first-order valence-corrected chi connectivity index (χ1v) is 8.44. The summed E-state index contributed by atoms with van der Waals surface area (Å²) in [5.41, 5.74) is 3.22. The molecule has 0 unspecified atom stereocenters. The van der Waals surface area contributed by atoms with E-state index >= 15 is 0 Å². The number of benzene rings is 2. The average Bonchev–Trinajstić information content (AvgIpc) is 2.65. The Labute approximate surface area is 154 Å². The summed E-state index contributed by atoms with van der Waals surface area (Å²) in [5, 5.41) is 6.91. The van der Waals surface area contributed by atoms with Crippen LogP contribution in [0.4, 0.5) is 5.69 Å². The number of hydrogen-bond acceptors (Lipinski definition) is 4. The number of anilines is 1. The van der Waals surface area contributed by atoms with Crippen molar-refractivity contribution < 1.29 is 14.2 Å². The minimum atomic E-state index is 0.537. The lowest BCUT2D eigenvalue weighted by atomic mass is 10.1. The summed E-state index contributed by atoms with van der Waals surface area (Å²) in [5.74, 6) is 1.81. The van der Waals surface area contributed by atoms with E-state index in [4.69, 9.17) is 26.4 Å². The summed E-state index contributed by atoms with van der Waals surface area (Å²) < 4.78 is 16.1. The molecule has 6 heteroatoms. The van der Waals surface area contributed by atoms with Gasteiger partial charge >= 0.3 is 0 Å². The van der Waals surface area contributed by atoms with E-state index in [0.717, 1.165) is 17.7 Å². The lowest BCUT2D eigenvalue weighted by molar-refractivity contribution is 0.323. The molecule has 0 aliphatic carbocycles. The molecule has 2 N–H and O–H groups in total. The van der Waals surface area contributed by atoms with Gasteiger partial charge in [0.1, 0.15) is 0 Å². The molecule has 134 valence electrons. The van der Waals surface area contributed by atoms with Gasteiger partial charge in [0.05, 0.1) is 21.3 Å². The summed E-state index contributed by atoms with van der Waals surface area (Å²) >= 11 is 5.36. The second kappa shape index (κ2) is 9.13. The van der Waals surface area contributed by atoms with Gasteiger partial charge in [-0.3, -0.25) is 0 Å². The second-order valence-electron chi connectivity index (χ2n) is 5.39. The molecule has 0 aromatic heterocycles. The van der Waals surface area contributed by atoms with Gasteiger partial charge in [-0.25, -0.2) is 0 Å². The molecule has 5 nitrogen and oxygen atoms in total. The molecule has 2 aromatic rings. The maximum Gasteiger partial charge on any atom is 0.203 e. The van der Waals surface area contributed by atoms with Crippen LogP contribution in [-0.4, -0.2) is 26.4 Å². The van der Waals surface area contributed by atoms with Crippen LogP contribution in [-0.2, 0) is 13.0 Å². The topological polar surface area (TPSA) is 51.8 Å². The van der Waals surface area contributed by atoms with Crippen LogP contribution < -0.4 is 24.8 Å². The number of nitrogens with one attached hydrogen (secondary N) is 2. The first-order chi connectivity index (χ1) is 12.1. The number of thiocarbonyl (C=S) groups is 1. The molecular weight excluding hydrogens is 336 g/mol. The minimum absolute atomic E-state index is 0.537. The van der Waals surface area contributed by atoms with Crippen molar-refractivity contribution in [2.24, 2.45) is 0 Å². The van der Waals surface area contributed by atoms with Crippen molar-refractivity contribution in [3.8, 4) is 17.2 Å². The van der Waals surface area contributed by atoms with E-state index in [1.165, 1.54) is 5.56 Å². The van der Waals surface area contributed by atoms with Gasteiger partial charge in [-0.1, -0.05) is 19.1 Å². The molecule has 0 radical (unpaired) electrons. The van der Waals surface area contributed by atoms with Crippen LogP contribution >= 0.6 is 12.2 Å². The zero-order valence-corrected chi connectivity index (χ0v) is 15.8. The van der Waals surface area contributed by atoms with Crippen molar-refractivity contribution in [2.75, 3.05) is 26.6 Å². The second-order valence-corrected chi connectivity index (χ2v) is 5.80. The number of ether oxygens (including phenoxy) is 3. The first kappa shape index (κ1) is 18.9. The normalized spacial score (nSPS) is 10.1. The van der Waals surface area contributed by atoms with E-state index in [2.05, 4.69) is 29.7 Å². The van der Waals surface area contributed by atoms with Gasteiger partial charge in [-0.2, -0.15) is 0 Å². The molecule has 0 saturated heterocycles. The fourth-order valence-electron chi connectivity index (χ4n) is 2.42. The van der Waals surface area contributed by atoms with E-state index in [1.807, 2.05) is 24.3 Å². The average molecular weight is 360 g/mol. The van der Waals surface area contributed by atoms with Crippen molar-refractivity contribution in [3.05, 3.63) is 47.5 Å². The molecule has 2 rings (SSSR count). The zero-order valence-electron chi connectivity index (χ0n) is 15.0. The Morgan fingerprint density at radius 2 is 1.52 bits per heavy atom. The van der Waals surface area contributed by atoms with Crippen LogP contribution in [0.5, 0.6) is 17.2 Å². The van der Waals surface area contributed by atoms with Gasteiger partial charge in [0, 0.05) is 12.2 Å². The monoisotopic (exact) mass is 360 g/mol. The van der Waals surface area contributed by atoms with Crippen molar-refractivity contribution >= 4 is 23.0 Å².